The summed E-state index contributed by atoms with van der Waals surface area (Å²) in [6.45, 7) is 2.90. The average Bonchev–Trinajstić information content (AvgIpc) is 3.21. The van der Waals surface area contributed by atoms with E-state index in [1.165, 1.54) is 17.4 Å². The fraction of sp³-hybridized carbons (Fsp3) is 0.375. The molecule has 3 heterocycles. The van der Waals surface area contributed by atoms with Gasteiger partial charge in [-0.1, -0.05) is 12.5 Å². The van der Waals surface area contributed by atoms with Crippen molar-refractivity contribution < 1.29 is 14.0 Å². The van der Waals surface area contributed by atoms with Gasteiger partial charge in [0, 0.05) is 37.3 Å². The van der Waals surface area contributed by atoms with E-state index < -0.39 is 5.92 Å². The number of anilines is 2. The largest absolute Gasteiger partial charge is 0.328 e. The fourth-order valence-corrected chi connectivity index (χ4v) is 4.55. The van der Waals surface area contributed by atoms with Crippen LogP contribution in [0.25, 0.3) is 11.0 Å². The van der Waals surface area contributed by atoms with E-state index in [0.717, 1.165) is 42.7 Å². The Balaban J connectivity index is 1.31. The lowest BCUT2D eigenvalue weighted by Crippen LogP contribution is -2.28. The molecule has 0 spiro atoms. The van der Waals surface area contributed by atoms with Crippen LogP contribution in [0.2, 0.25) is 0 Å². The first-order valence-electron chi connectivity index (χ1n) is 10.9. The normalized spacial score (nSPS) is 18.8. The number of nitrogens with one attached hydrogen (secondary N) is 1. The number of aryl methyl sites for hydroxylation is 3. The van der Waals surface area contributed by atoms with Crippen molar-refractivity contribution >= 4 is 34.2 Å². The Kier molecular flexibility index (Phi) is 4.96. The zero-order chi connectivity index (χ0) is 21.5. The van der Waals surface area contributed by atoms with Crippen molar-refractivity contribution in [2.24, 2.45) is 5.92 Å². The Morgan fingerprint density at radius 1 is 1.16 bits per heavy atom. The third-order valence-corrected chi connectivity index (χ3v) is 6.34. The molecule has 2 aliphatic rings. The van der Waals surface area contributed by atoms with Gasteiger partial charge in [0.15, 0.2) is 0 Å². The molecule has 1 N–H and O–H groups in total. The monoisotopic (exact) mass is 420 g/mol. The smallest absolute Gasteiger partial charge is 0.229 e. The summed E-state index contributed by atoms with van der Waals surface area (Å²) in [5.74, 6) is -0.102. The quantitative estimate of drug-likeness (QED) is 0.691. The van der Waals surface area contributed by atoms with Crippen LogP contribution in [0.15, 0.2) is 36.4 Å². The average molecular weight is 420 g/mol. The summed E-state index contributed by atoms with van der Waals surface area (Å²) in [6.07, 6.45) is 4.64. The molecular formula is C24H25FN4O2. The standard InChI is InChI=1S/C24H25FN4O2/c1-15-6-8-18(13-19(15)25)29-14-16(11-23(29)30)24(31)26-17-7-9-21-20(12-17)27-22-5-3-2-4-10-28(21)22/h6-9,12-13,16H,2-5,10-11,14H2,1H3,(H,26,31). The fourth-order valence-electron chi connectivity index (χ4n) is 4.55. The van der Waals surface area contributed by atoms with E-state index in [4.69, 9.17) is 4.98 Å². The minimum absolute atomic E-state index is 0.113. The van der Waals surface area contributed by atoms with Crippen LogP contribution >= 0.6 is 0 Å². The molecule has 0 aliphatic carbocycles. The number of imidazole rings is 1. The first kappa shape index (κ1) is 19.7. The van der Waals surface area contributed by atoms with Crippen LogP contribution in [-0.2, 0) is 22.6 Å². The Bertz CT molecular complexity index is 1190. The number of carbonyl (C=O) groups excluding carboxylic acids is 2. The molecule has 0 saturated carbocycles. The van der Waals surface area contributed by atoms with E-state index in [1.807, 2.05) is 18.2 Å². The molecule has 2 aromatic carbocycles. The second-order valence-corrected chi connectivity index (χ2v) is 8.52. The molecule has 1 aromatic heterocycles. The maximum absolute atomic E-state index is 13.9. The van der Waals surface area contributed by atoms with Crippen LogP contribution in [0.5, 0.6) is 0 Å². The van der Waals surface area contributed by atoms with Crippen molar-refractivity contribution in [2.75, 3.05) is 16.8 Å². The maximum Gasteiger partial charge on any atom is 0.229 e. The van der Waals surface area contributed by atoms with Crippen LogP contribution in [0.1, 0.15) is 37.1 Å². The Morgan fingerprint density at radius 3 is 2.87 bits per heavy atom. The molecule has 1 saturated heterocycles. The number of aromatic nitrogens is 2. The van der Waals surface area contributed by atoms with Gasteiger partial charge in [0.05, 0.1) is 17.0 Å². The highest BCUT2D eigenvalue weighted by Crippen LogP contribution is 2.28. The van der Waals surface area contributed by atoms with Gasteiger partial charge in [-0.2, -0.15) is 0 Å². The SMILES string of the molecule is Cc1ccc(N2CC(C(=O)Nc3ccc4c(c3)nc3n4CCCCC3)CC2=O)cc1F. The number of hydrogen-bond acceptors (Lipinski definition) is 3. The maximum atomic E-state index is 13.9. The molecule has 7 heteroatoms. The highest BCUT2D eigenvalue weighted by Gasteiger charge is 2.35. The molecule has 0 bridgehead atoms. The number of benzene rings is 2. The van der Waals surface area contributed by atoms with Gasteiger partial charge in [-0.3, -0.25) is 9.59 Å². The van der Waals surface area contributed by atoms with Crippen LogP contribution in [0.3, 0.4) is 0 Å². The first-order chi connectivity index (χ1) is 15.0. The van der Waals surface area contributed by atoms with E-state index in [0.29, 0.717) is 16.9 Å². The summed E-state index contributed by atoms with van der Waals surface area (Å²) >= 11 is 0. The predicted octanol–water partition coefficient (Wildman–Crippen LogP) is 4.20. The highest BCUT2D eigenvalue weighted by atomic mass is 19.1. The number of amides is 2. The van der Waals surface area contributed by atoms with Crippen LogP contribution in [-0.4, -0.2) is 27.9 Å². The van der Waals surface area contributed by atoms with Gasteiger partial charge in [0.1, 0.15) is 11.6 Å². The summed E-state index contributed by atoms with van der Waals surface area (Å²) in [4.78, 5) is 31.6. The lowest BCUT2D eigenvalue weighted by Gasteiger charge is -2.17. The Morgan fingerprint density at radius 2 is 2.03 bits per heavy atom. The molecule has 1 atom stereocenters. The van der Waals surface area contributed by atoms with Crippen molar-refractivity contribution in [2.45, 2.75) is 45.6 Å². The van der Waals surface area contributed by atoms with Crippen LogP contribution < -0.4 is 10.2 Å². The van der Waals surface area contributed by atoms with Crippen molar-refractivity contribution in [3.8, 4) is 0 Å². The van der Waals surface area contributed by atoms with Gasteiger partial charge in [0.25, 0.3) is 0 Å². The minimum atomic E-state index is -0.480. The number of rotatable bonds is 3. The van der Waals surface area contributed by atoms with Gasteiger partial charge in [-0.15, -0.1) is 0 Å². The second-order valence-electron chi connectivity index (χ2n) is 8.52. The van der Waals surface area contributed by atoms with Gasteiger partial charge < -0.3 is 14.8 Å². The molecule has 160 valence electrons. The molecule has 0 radical (unpaired) electrons. The molecule has 1 fully saturated rings. The molecule has 1 unspecified atom stereocenters. The van der Waals surface area contributed by atoms with E-state index >= 15 is 0 Å². The summed E-state index contributed by atoms with van der Waals surface area (Å²) in [5.41, 5.74) is 3.67. The lowest BCUT2D eigenvalue weighted by molar-refractivity contribution is -0.122. The number of fused-ring (bicyclic) bond motifs is 3. The Hall–Kier alpha value is -3.22. The van der Waals surface area contributed by atoms with Crippen molar-refractivity contribution in [1.82, 2.24) is 9.55 Å². The van der Waals surface area contributed by atoms with Crippen LogP contribution in [0.4, 0.5) is 15.8 Å². The molecular weight excluding hydrogens is 395 g/mol. The van der Waals surface area contributed by atoms with Gasteiger partial charge in [0.2, 0.25) is 11.8 Å². The van der Waals surface area contributed by atoms with Crippen LogP contribution in [0, 0.1) is 18.7 Å². The molecule has 2 aliphatic heterocycles. The molecule has 31 heavy (non-hydrogen) atoms. The first-order valence-corrected chi connectivity index (χ1v) is 10.9. The summed E-state index contributed by atoms with van der Waals surface area (Å²) < 4.78 is 16.2. The molecule has 3 aromatic rings. The molecule has 2 amide bonds. The van der Waals surface area contributed by atoms with Crippen molar-refractivity contribution in [3.05, 3.63) is 53.6 Å². The van der Waals surface area contributed by atoms with E-state index in [1.54, 1.807) is 19.1 Å². The van der Waals surface area contributed by atoms with E-state index in [2.05, 4.69) is 9.88 Å². The summed E-state index contributed by atoms with van der Waals surface area (Å²) in [7, 11) is 0. The molecule has 6 nitrogen and oxygen atoms in total. The number of halogens is 1. The predicted molar refractivity (Wildman–Crippen MR) is 118 cm³/mol. The zero-order valence-corrected chi connectivity index (χ0v) is 17.5. The van der Waals surface area contributed by atoms with Gasteiger partial charge in [-0.05, 0) is 55.7 Å². The zero-order valence-electron chi connectivity index (χ0n) is 17.5. The summed E-state index contributed by atoms with van der Waals surface area (Å²) in [5, 5.41) is 2.94. The summed E-state index contributed by atoms with van der Waals surface area (Å²) in [6, 6.07) is 10.5. The number of nitrogens with zero attached hydrogens (tertiary/aromatic N) is 3. The van der Waals surface area contributed by atoms with Gasteiger partial charge in [-0.25, -0.2) is 9.37 Å². The number of hydrogen-bond donors (Lipinski definition) is 1. The van der Waals surface area contributed by atoms with Gasteiger partial charge >= 0.3 is 0 Å². The minimum Gasteiger partial charge on any atom is -0.328 e. The topological polar surface area (TPSA) is 67.2 Å². The van der Waals surface area contributed by atoms with E-state index in [9.17, 15) is 14.0 Å². The second kappa shape index (κ2) is 7.80. The van der Waals surface area contributed by atoms with E-state index in [-0.39, 0.29) is 30.6 Å². The van der Waals surface area contributed by atoms with Crippen molar-refractivity contribution in [1.29, 1.82) is 0 Å². The number of carbonyl (C=O) groups is 2. The Labute approximate surface area is 180 Å². The third kappa shape index (κ3) is 3.69. The molecule has 5 rings (SSSR count). The third-order valence-electron chi connectivity index (χ3n) is 6.34. The van der Waals surface area contributed by atoms with Crippen molar-refractivity contribution in [3.63, 3.8) is 0 Å². The highest BCUT2D eigenvalue weighted by molar-refractivity contribution is 6.04. The lowest BCUT2D eigenvalue weighted by atomic mass is 10.1.